The normalized spacial score (nSPS) is 13.9. The van der Waals surface area contributed by atoms with Crippen molar-refractivity contribution in [2.24, 2.45) is 5.92 Å². The number of aromatic nitrogens is 3. The Hall–Kier alpha value is -3.39. The molecule has 1 aliphatic carbocycles. The smallest absolute Gasteiger partial charge is 0.254 e. The predicted octanol–water partition coefficient (Wildman–Crippen LogP) is 4.09. The van der Waals surface area contributed by atoms with Gasteiger partial charge in [-0.15, -0.1) is 0 Å². The fraction of sp³-hybridized carbons (Fsp3) is 0.320. The van der Waals surface area contributed by atoms with Crippen LogP contribution in [0.5, 0.6) is 5.75 Å². The van der Waals surface area contributed by atoms with Crippen LogP contribution >= 0.6 is 0 Å². The Morgan fingerprint density at radius 2 is 1.90 bits per heavy atom. The van der Waals surface area contributed by atoms with Gasteiger partial charge in [0.2, 0.25) is 0 Å². The SMILES string of the molecule is Cc1cc(OCc2ncccn2)cc(=O)n1C(C)Cc1ccc(C#CC2CC2)cc1. The monoisotopic (exact) mass is 399 g/mol. The number of aryl methyl sites for hydroxylation is 1. The first-order chi connectivity index (χ1) is 14.6. The van der Waals surface area contributed by atoms with Gasteiger partial charge in [-0.2, -0.15) is 0 Å². The van der Waals surface area contributed by atoms with E-state index in [-0.39, 0.29) is 18.2 Å². The van der Waals surface area contributed by atoms with E-state index >= 15 is 0 Å². The zero-order chi connectivity index (χ0) is 20.9. The quantitative estimate of drug-likeness (QED) is 0.586. The maximum Gasteiger partial charge on any atom is 0.254 e. The number of nitrogens with zero attached hydrogens (tertiary/aromatic N) is 3. The molecule has 1 unspecified atom stereocenters. The second kappa shape index (κ2) is 8.96. The summed E-state index contributed by atoms with van der Waals surface area (Å²) in [5.74, 6) is 8.24. The summed E-state index contributed by atoms with van der Waals surface area (Å²) in [7, 11) is 0. The fourth-order valence-corrected chi connectivity index (χ4v) is 3.45. The number of benzene rings is 1. The largest absolute Gasteiger partial charge is 0.485 e. The molecule has 0 N–H and O–H groups in total. The first-order valence-corrected chi connectivity index (χ1v) is 10.3. The Morgan fingerprint density at radius 1 is 1.17 bits per heavy atom. The number of pyridine rings is 1. The van der Waals surface area contributed by atoms with Crippen LogP contribution in [-0.4, -0.2) is 14.5 Å². The summed E-state index contributed by atoms with van der Waals surface area (Å²) in [4.78, 5) is 21.0. The van der Waals surface area contributed by atoms with Crippen LogP contribution in [0.2, 0.25) is 0 Å². The maximum atomic E-state index is 12.7. The number of hydrogen-bond acceptors (Lipinski definition) is 4. The minimum absolute atomic E-state index is 0.0346. The lowest BCUT2D eigenvalue weighted by atomic mass is 10.0. The highest BCUT2D eigenvalue weighted by Crippen LogP contribution is 2.27. The molecule has 2 aromatic heterocycles. The van der Waals surface area contributed by atoms with E-state index in [0.717, 1.165) is 17.7 Å². The van der Waals surface area contributed by atoms with Crippen molar-refractivity contribution in [3.05, 3.63) is 87.9 Å². The van der Waals surface area contributed by atoms with Crippen LogP contribution in [0.15, 0.2) is 59.7 Å². The first kappa shape index (κ1) is 19.9. The minimum atomic E-state index is -0.0709. The third kappa shape index (κ3) is 5.15. The molecular formula is C25H25N3O2. The second-order valence-electron chi connectivity index (χ2n) is 7.79. The highest BCUT2D eigenvalue weighted by molar-refractivity contribution is 5.37. The summed E-state index contributed by atoms with van der Waals surface area (Å²) in [5, 5.41) is 0. The van der Waals surface area contributed by atoms with E-state index in [4.69, 9.17) is 4.74 Å². The van der Waals surface area contributed by atoms with Crippen LogP contribution in [0.3, 0.4) is 0 Å². The summed E-state index contributed by atoms with van der Waals surface area (Å²) in [6.45, 7) is 4.23. The number of hydrogen-bond donors (Lipinski definition) is 0. The average molecular weight is 399 g/mol. The lowest BCUT2D eigenvalue weighted by molar-refractivity contribution is 0.293. The van der Waals surface area contributed by atoms with Gasteiger partial charge in [-0.05, 0) is 62.9 Å². The molecule has 0 aliphatic heterocycles. The van der Waals surface area contributed by atoms with Gasteiger partial charge in [0, 0.05) is 41.7 Å². The third-order valence-corrected chi connectivity index (χ3v) is 5.15. The van der Waals surface area contributed by atoms with E-state index in [2.05, 4.69) is 53.0 Å². The number of ether oxygens (including phenoxy) is 1. The van der Waals surface area contributed by atoms with E-state index in [1.807, 2.05) is 17.6 Å². The molecule has 0 saturated heterocycles. The van der Waals surface area contributed by atoms with Crippen molar-refractivity contribution in [1.82, 2.24) is 14.5 Å². The summed E-state index contributed by atoms with van der Waals surface area (Å²) < 4.78 is 7.53. The van der Waals surface area contributed by atoms with Crippen molar-refractivity contribution >= 4 is 0 Å². The van der Waals surface area contributed by atoms with Gasteiger partial charge in [0.25, 0.3) is 5.56 Å². The third-order valence-electron chi connectivity index (χ3n) is 5.15. The Morgan fingerprint density at radius 3 is 2.57 bits per heavy atom. The Labute approximate surface area is 176 Å². The van der Waals surface area contributed by atoms with E-state index in [1.165, 1.54) is 24.5 Å². The van der Waals surface area contributed by atoms with E-state index < -0.39 is 0 Å². The highest BCUT2D eigenvalue weighted by atomic mass is 16.5. The van der Waals surface area contributed by atoms with Gasteiger partial charge in [-0.3, -0.25) is 4.79 Å². The summed E-state index contributed by atoms with van der Waals surface area (Å²) >= 11 is 0. The molecule has 3 aromatic rings. The van der Waals surface area contributed by atoms with Crippen molar-refractivity contribution in [3.8, 4) is 17.6 Å². The van der Waals surface area contributed by atoms with Gasteiger partial charge in [-0.1, -0.05) is 24.0 Å². The predicted molar refractivity (Wildman–Crippen MR) is 116 cm³/mol. The summed E-state index contributed by atoms with van der Waals surface area (Å²) in [6, 6.07) is 13.5. The Kier molecular flexibility index (Phi) is 5.94. The molecule has 1 aliphatic rings. The molecule has 4 rings (SSSR count). The molecule has 1 saturated carbocycles. The Balaban J connectivity index is 1.42. The second-order valence-corrected chi connectivity index (χ2v) is 7.79. The fourth-order valence-electron chi connectivity index (χ4n) is 3.45. The van der Waals surface area contributed by atoms with Gasteiger partial charge in [0.15, 0.2) is 5.82 Å². The lowest BCUT2D eigenvalue weighted by Gasteiger charge is -2.19. The van der Waals surface area contributed by atoms with Crippen LogP contribution < -0.4 is 10.3 Å². The van der Waals surface area contributed by atoms with Crippen molar-refractivity contribution in [3.63, 3.8) is 0 Å². The van der Waals surface area contributed by atoms with E-state index in [1.54, 1.807) is 18.5 Å². The molecule has 0 radical (unpaired) electrons. The average Bonchev–Trinajstić information content (AvgIpc) is 3.57. The van der Waals surface area contributed by atoms with Crippen LogP contribution in [0.25, 0.3) is 0 Å². The van der Waals surface area contributed by atoms with Gasteiger partial charge in [-0.25, -0.2) is 9.97 Å². The maximum absolute atomic E-state index is 12.7. The summed E-state index contributed by atoms with van der Waals surface area (Å²) in [5.41, 5.74) is 3.03. The molecule has 5 nitrogen and oxygen atoms in total. The molecule has 0 spiro atoms. The van der Waals surface area contributed by atoms with Gasteiger partial charge in [0.05, 0.1) is 0 Å². The molecule has 5 heteroatoms. The molecule has 0 bridgehead atoms. The lowest BCUT2D eigenvalue weighted by Crippen LogP contribution is -2.26. The van der Waals surface area contributed by atoms with Crippen molar-refractivity contribution in [2.45, 2.75) is 45.8 Å². The van der Waals surface area contributed by atoms with Gasteiger partial charge in [0.1, 0.15) is 12.4 Å². The standard InChI is InChI=1S/C25H25N3O2/c1-18(14-22-10-8-21(9-11-22)7-6-20-4-5-20)28-19(2)15-23(16-25(28)29)30-17-24-26-12-3-13-27-24/h3,8-13,15-16,18,20H,4-5,14,17H2,1-2H3. The first-order valence-electron chi connectivity index (χ1n) is 10.3. The molecule has 2 heterocycles. The topological polar surface area (TPSA) is 57.0 Å². The van der Waals surface area contributed by atoms with Crippen molar-refractivity contribution in [1.29, 1.82) is 0 Å². The number of rotatable bonds is 6. The van der Waals surface area contributed by atoms with Crippen LogP contribution in [0.4, 0.5) is 0 Å². The zero-order valence-electron chi connectivity index (χ0n) is 17.3. The van der Waals surface area contributed by atoms with Gasteiger partial charge >= 0.3 is 0 Å². The molecule has 1 fully saturated rings. The van der Waals surface area contributed by atoms with E-state index in [0.29, 0.717) is 17.5 Å². The van der Waals surface area contributed by atoms with E-state index in [9.17, 15) is 4.79 Å². The zero-order valence-corrected chi connectivity index (χ0v) is 17.3. The minimum Gasteiger partial charge on any atom is -0.485 e. The molecule has 30 heavy (non-hydrogen) atoms. The van der Waals surface area contributed by atoms with Crippen molar-refractivity contribution in [2.75, 3.05) is 0 Å². The summed E-state index contributed by atoms with van der Waals surface area (Å²) in [6.07, 6.45) is 6.59. The van der Waals surface area contributed by atoms with Crippen LogP contribution in [-0.2, 0) is 13.0 Å². The molecular weight excluding hydrogens is 374 g/mol. The Bertz CT molecular complexity index is 1120. The van der Waals surface area contributed by atoms with Crippen LogP contribution in [0, 0.1) is 24.7 Å². The molecule has 0 amide bonds. The van der Waals surface area contributed by atoms with Crippen LogP contribution in [0.1, 0.15) is 48.5 Å². The molecule has 1 aromatic carbocycles. The molecule has 1 atom stereocenters. The highest BCUT2D eigenvalue weighted by Gasteiger charge is 2.17. The van der Waals surface area contributed by atoms with Gasteiger partial charge < -0.3 is 9.30 Å². The van der Waals surface area contributed by atoms with Crippen molar-refractivity contribution < 1.29 is 4.74 Å². The molecule has 152 valence electrons.